The highest BCUT2D eigenvalue weighted by Gasteiger charge is 2.12. The molecule has 0 aliphatic rings. The first-order valence-corrected chi connectivity index (χ1v) is 5.64. The molecule has 0 radical (unpaired) electrons. The van der Waals surface area contributed by atoms with Gasteiger partial charge in [0.2, 0.25) is 5.91 Å². The first kappa shape index (κ1) is 14.7. The lowest BCUT2D eigenvalue weighted by atomic mass is 10.1. The quantitative estimate of drug-likeness (QED) is 0.566. The minimum absolute atomic E-state index is 0.0995. The Kier molecular flexibility index (Phi) is 5.05. The van der Waals surface area contributed by atoms with Crippen LogP contribution in [0, 0.1) is 0 Å². The Bertz CT molecular complexity index is 480. The van der Waals surface area contributed by atoms with Crippen LogP contribution in [0.2, 0.25) is 0 Å². The highest BCUT2D eigenvalue weighted by Crippen LogP contribution is 2.13. The van der Waals surface area contributed by atoms with Crippen LogP contribution in [-0.2, 0) is 20.8 Å². The number of rotatable bonds is 5. The highest BCUT2D eigenvalue weighted by atomic mass is 16.5. The number of carbonyl (C=O) groups excluding carboxylic acids is 3. The lowest BCUT2D eigenvalue weighted by Gasteiger charge is -2.18. The average Bonchev–Trinajstić information content (AvgIpc) is 2.29. The van der Waals surface area contributed by atoms with Crippen molar-refractivity contribution >= 4 is 17.8 Å². The Hall–Kier alpha value is -2.37. The molecule has 1 aromatic carbocycles. The second kappa shape index (κ2) is 6.53. The molecule has 1 rings (SSSR count). The van der Waals surface area contributed by atoms with E-state index in [1.807, 2.05) is 0 Å². The van der Waals surface area contributed by atoms with E-state index in [1.54, 1.807) is 24.3 Å². The summed E-state index contributed by atoms with van der Waals surface area (Å²) in [4.78, 5) is 32.5. The predicted octanol–water partition coefficient (Wildman–Crippen LogP) is -0.591. The molecule has 1 aromatic rings. The number of hydrogen-bond donors (Lipinski definition) is 1. The van der Waals surface area contributed by atoms with Crippen molar-refractivity contribution in [1.29, 1.82) is 0 Å². The van der Waals surface area contributed by atoms with Gasteiger partial charge in [-0.1, -0.05) is 12.1 Å². The highest BCUT2D eigenvalue weighted by molar-refractivity contribution is 5.81. The van der Waals surface area contributed by atoms with Crippen LogP contribution in [0.3, 0.4) is 0 Å². The van der Waals surface area contributed by atoms with Crippen molar-refractivity contribution in [2.75, 3.05) is 0 Å². The Labute approximate surface area is 110 Å². The van der Waals surface area contributed by atoms with E-state index >= 15 is 0 Å². The number of aliphatic carboxylic acids is 1. The molecule has 0 spiro atoms. The standard InChI is InChI=1S/C13H15NO5/c1-8(15)14-12(13(17)18)7-10-3-5-11(6-4-10)19-9(2)16/h3-6,12H,7H2,1-2H3,(H,14,15)(H,17,18)/p-1/t12-/m1/s1. The second-order valence-electron chi connectivity index (χ2n) is 4.01. The van der Waals surface area contributed by atoms with Gasteiger partial charge in [0.25, 0.3) is 0 Å². The van der Waals surface area contributed by atoms with Crippen LogP contribution in [0.5, 0.6) is 5.75 Å². The van der Waals surface area contributed by atoms with Crippen LogP contribution in [-0.4, -0.2) is 23.9 Å². The number of ether oxygens (including phenoxy) is 1. The van der Waals surface area contributed by atoms with Gasteiger partial charge in [-0.2, -0.15) is 0 Å². The van der Waals surface area contributed by atoms with Gasteiger partial charge in [0.1, 0.15) is 5.75 Å². The molecular formula is C13H14NO5-. The Morgan fingerprint density at radius 1 is 1.21 bits per heavy atom. The number of amides is 1. The summed E-state index contributed by atoms with van der Waals surface area (Å²) in [5.74, 6) is -1.84. The van der Waals surface area contributed by atoms with Crippen molar-refractivity contribution in [1.82, 2.24) is 5.32 Å². The summed E-state index contributed by atoms with van der Waals surface area (Å²) in [6.45, 7) is 2.52. The summed E-state index contributed by atoms with van der Waals surface area (Å²) in [6.07, 6.45) is 0.0995. The maximum absolute atomic E-state index is 10.9. The third-order valence-corrected chi connectivity index (χ3v) is 2.29. The van der Waals surface area contributed by atoms with E-state index in [0.717, 1.165) is 0 Å². The summed E-state index contributed by atoms with van der Waals surface area (Å²) < 4.78 is 4.85. The molecule has 0 saturated heterocycles. The second-order valence-corrected chi connectivity index (χ2v) is 4.01. The van der Waals surface area contributed by atoms with E-state index in [-0.39, 0.29) is 6.42 Å². The number of carbonyl (C=O) groups is 3. The molecule has 1 amide bonds. The molecule has 6 heteroatoms. The molecule has 0 aromatic heterocycles. The third kappa shape index (κ3) is 5.20. The minimum atomic E-state index is -1.35. The largest absolute Gasteiger partial charge is 0.548 e. The number of hydrogen-bond acceptors (Lipinski definition) is 5. The summed E-state index contributed by atoms with van der Waals surface area (Å²) in [6, 6.07) is 5.26. The molecule has 0 aliphatic carbocycles. The fourth-order valence-corrected chi connectivity index (χ4v) is 1.53. The van der Waals surface area contributed by atoms with Gasteiger partial charge < -0.3 is 20.0 Å². The Balaban J connectivity index is 2.72. The molecule has 0 heterocycles. The van der Waals surface area contributed by atoms with Gasteiger partial charge in [0.05, 0.1) is 12.0 Å². The molecule has 0 unspecified atom stereocenters. The summed E-state index contributed by atoms with van der Waals surface area (Å²) in [7, 11) is 0. The summed E-state index contributed by atoms with van der Waals surface area (Å²) in [5, 5.41) is 13.1. The number of nitrogens with one attached hydrogen (secondary N) is 1. The first-order chi connectivity index (χ1) is 8.88. The van der Waals surface area contributed by atoms with E-state index < -0.39 is 23.9 Å². The molecule has 0 bridgehead atoms. The smallest absolute Gasteiger partial charge is 0.308 e. The normalized spacial score (nSPS) is 11.5. The van der Waals surface area contributed by atoms with Crippen molar-refractivity contribution in [3.05, 3.63) is 29.8 Å². The zero-order valence-corrected chi connectivity index (χ0v) is 10.6. The summed E-state index contributed by atoms with van der Waals surface area (Å²) >= 11 is 0. The number of carboxylic acids is 1. The van der Waals surface area contributed by atoms with E-state index in [9.17, 15) is 19.5 Å². The van der Waals surface area contributed by atoms with Gasteiger partial charge in [-0.3, -0.25) is 9.59 Å². The maximum Gasteiger partial charge on any atom is 0.308 e. The van der Waals surface area contributed by atoms with Gasteiger partial charge >= 0.3 is 5.97 Å². The van der Waals surface area contributed by atoms with Gasteiger partial charge in [-0.05, 0) is 24.1 Å². The molecular weight excluding hydrogens is 250 g/mol. The zero-order valence-electron chi connectivity index (χ0n) is 10.6. The van der Waals surface area contributed by atoms with E-state index in [2.05, 4.69) is 5.32 Å². The predicted molar refractivity (Wildman–Crippen MR) is 64.1 cm³/mol. The lowest BCUT2D eigenvalue weighted by Crippen LogP contribution is -2.48. The number of esters is 1. The zero-order chi connectivity index (χ0) is 14.4. The SMILES string of the molecule is CC(=O)N[C@H](Cc1ccc(OC(C)=O)cc1)C(=O)[O-]. The van der Waals surface area contributed by atoms with Crippen LogP contribution in [0.1, 0.15) is 19.4 Å². The lowest BCUT2D eigenvalue weighted by molar-refractivity contribution is -0.308. The van der Waals surface area contributed by atoms with Gasteiger partial charge in [-0.15, -0.1) is 0 Å². The van der Waals surface area contributed by atoms with Crippen molar-refractivity contribution in [3.63, 3.8) is 0 Å². The monoisotopic (exact) mass is 264 g/mol. The van der Waals surface area contributed by atoms with E-state index in [4.69, 9.17) is 4.74 Å². The molecule has 0 aliphatic heterocycles. The van der Waals surface area contributed by atoms with Gasteiger partial charge in [0.15, 0.2) is 0 Å². The topological polar surface area (TPSA) is 95.5 Å². The van der Waals surface area contributed by atoms with Crippen LogP contribution < -0.4 is 15.2 Å². The molecule has 0 fully saturated rings. The van der Waals surface area contributed by atoms with E-state index in [1.165, 1.54) is 13.8 Å². The van der Waals surface area contributed by atoms with Crippen molar-refractivity contribution in [2.45, 2.75) is 26.3 Å². The molecule has 6 nitrogen and oxygen atoms in total. The van der Waals surface area contributed by atoms with Crippen LogP contribution in [0.15, 0.2) is 24.3 Å². The Morgan fingerprint density at radius 2 is 1.79 bits per heavy atom. The molecule has 0 saturated carbocycles. The number of carboxylic acid groups (broad SMARTS) is 1. The van der Waals surface area contributed by atoms with Gasteiger partial charge in [0, 0.05) is 13.8 Å². The molecule has 102 valence electrons. The molecule has 1 N–H and O–H groups in total. The average molecular weight is 264 g/mol. The molecule has 19 heavy (non-hydrogen) atoms. The van der Waals surface area contributed by atoms with Crippen molar-refractivity contribution < 1.29 is 24.2 Å². The van der Waals surface area contributed by atoms with Crippen molar-refractivity contribution in [2.24, 2.45) is 0 Å². The molecule has 1 atom stereocenters. The minimum Gasteiger partial charge on any atom is -0.548 e. The fourth-order valence-electron chi connectivity index (χ4n) is 1.53. The maximum atomic E-state index is 10.9. The van der Waals surface area contributed by atoms with E-state index in [0.29, 0.717) is 11.3 Å². The van der Waals surface area contributed by atoms with Crippen LogP contribution in [0.25, 0.3) is 0 Å². The van der Waals surface area contributed by atoms with Gasteiger partial charge in [-0.25, -0.2) is 0 Å². The van der Waals surface area contributed by atoms with Crippen LogP contribution in [0.4, 0.5) is 0 Å². The first-order valence-electron chi connectivity index (χ1n) is 5.64. The fraction of sp³-hybridized carbons (Fsp3) is 0.308. The third-order valence-electron chi connectivity index (χ3n) is 2.29. The van der Waals surface area contributed by atoms with Crippen LogP contribution >= 0.6 is 0 Å². The van der Waals surface area contributed by atoms with Crippen molar-refractivity contribution in [3.8, 4) is 5.75 Å². The number of benzene rings is 1. The summed E-state index contributed by atoms with van der Waals surface area (Å²) in [5.41, 5.74) is 0.679. The Morgan fingerprint density at radius 3 is 2.21 bits per heavy atom.